The number of imidazole rings is 1. The van der Waals surface area contributed by atoms with E-state index >= 15 is 0 Å². The summed E-state index contributed by atoms with van der Waals surface area (Å²) >= 11 is 3.59. The van der Waals surface area contributed by atoms with Crippen molar-refractivity contribution in [3.63, 3.8) is 0 Å². The topological polar surface area (TPSA) is 17.8 Å². The van der Waals surface area contributed by atoms with Gasteiger partial charge in [0, 0.05) is 19.4 Å². The molecule has 0 aromatic carbocycles. The largest absolute Gasteiger partial charge is 0.337 e. The molecule has 0 radical (unpaired) electrons. The van der Waals surface area contributed by atoms with Gasteiger partial charge in [-0.15, -0.1) is 0 Å². The molecule has 0 saturated heterocycles. The van der Waals surface area contributed by atoms with Crippen LogP contribution in [0.25, 0.3) is 0 Å². The molecular weight excluding hydrogens is 204 g/mol. The zero-order valence-corrected chi connectivity index (χ0v) is 8.50. The molecule has 0 saturated carbocycles. The van der Waals surface area contributed by atoms with E-state index in [1.54, 1.807) is 0 Å². The monoisotopic (exact) mass is 216 g/mol. The third kappa shape index (κ3) is 2.06. The lowest BCUT2D eigenvalue weighted by Crippen LogP contribution is -1.99. The lowest BCUT2D eigenvalue weighted by atomic mass is 10.2. The molecule has 0 bridgehead atoms. The van der Waals surface area contributed by atoms with E-state index in [9.17, 15) is 0 Å². The maximum atomic E-state index is 4.25. The second-order valence-corrected chi connectivity index (χ2v) is 3.76. The molecule has 1 unspecified atom stereocenters. The second kappa shape index (κ2) is 3.90. The molecule has 1 heterocycles. The molecular formula is C8H13BrN2. The van der Waals surface area contributed by atoms with Gasteiger partial charge in [0.05, 0.1) is 4.83 Å². The standard InChI is InChI=1S/C8H13BrN2/c1-3-4-7(9)8-10-5-6-11(8)2/h5-7H,3-4H2,1-2H3. The van der Waals surface area contributed by atoms with Gasteiger partial charge in [-0.2, -0.15) is 0 Å². The Morgan fingerprint density at radius 3 is 2.91 bits per heavy atom. The molecule has 1 aromatic rings. The fourth-order valence-electron chi connectivity index (χ4n) is 1.06. The summed E-state index contributed by atoms with van der Waals surface area (Å²) in [6.45, 7) is 2.18. The molecule has 0 amide bonds. The van der Waals surface area contributed by atoms with Gasteiger partial charge in [0.1, 0.15) is 5.82 Å². The van der Waals surface area contributed by atoms with E-state index in [4.69, 9.17) is 0 Å². The third-order valence-corrected chi connectivity index (χ3v) is 2.55. The van der Waals surface area contributed by atoms with Crippen LogP contribution in [0.3, 0.4) is 0 Å². The lowest BCUT2D eigenvalue weighted by Gasteiger charge is -2.07. The first-order valence-electron chi connectivity index (χ1n) is 3.87. The van der Waals surface area contributed by atoms with Crippen molar-refractivity contribution in [2.45, 2.75) is 24.6 Å². The second-order valence-electron chi connectivity index (χ2n) is 2.65. The molecule has 0 N–H and O–H groups in total. The summed E-state index contributed by atoms with van der Waals surface area (Å²) in [6.07, 6.45) is 6.13. The molecule has 1 atom stereocenters. The first-order chi connectivity index (χ1) is 5.25. The van der Waals surface area contributed by atoms with Crippen molar-refractivity contribution in [2.75, 3.05) is 0 Å². The van der Waals surface area contributed by atoms with E-state index in [1.165, 1.54) is 6.42 Å². The summed E-state index contributed by atoms with van der Waals surface area (Å²) in [4.78, 5) is 4.66. The van der Waals surface area contributed by atoms with Gasteiger partial charge in [0.15, 0.2) is 0 Å². The van der Waals surface area contributed by atoms with Gasteiger partial charge in [-0.05, 0) is 6.42 Å². The van der Waals surface area contributed by atoms with Gasteiger partial charge < -0.3 is 4.57 Å². The van der Waals surface area contributed by atoms with E-state index in [0.717, 1.165) is 12.2 Å². The number of halogens is 1. The van der Waals surface area contributed by atoms with Crippen LogP contribution in [0.15, 0.2) is 12.4 Å². The highest BCUT2D eigenvalue weighted by atomic mass is 79.9. The van der Waals surface area contributed by atoms with Gasteiger partial charge >= 0.3 is 0 Å². The predicted molar refractivity (Wildman–Crippen MR) is 49.8 cm³/mol. The van der Waals surface area contributed by atoms with Gasteiger partial charge in [0.25, 0.3) is 0 Å². The van der Waals surface area contributed by atoms with Crippen LogP contribution in [0.1, 0.15) is 30.4 Å². The molecule has 11 heavy (non-hydrogen) atoms. The third-order valence-electron chi connectivity index (χ3n) is 1.68. The Hall–Kier alpha value is -0.310. The smallest absolute Gasteiger partial charge is 0.122 e. The summed E-state index contributed by atoms with van der Waals surface area (Å²) in [5.41, 5.74) is 0. The Bertz CT molecular complexity index is 220. The summed E-state index contributed by atoms with van der Waals surface area (Å²) in [6, 6.07) is 0. The summed E-state index contributed by atoms with van der Waals surface area (Å²) < 4.78 is 2.05. The van der Waals surface area contributed by atoms with Crippen molar-refractivity contribution in [2.24, 2.45) is 7.05 Å². The molecule has 1 aromatic heterocycles. The Kier molecular flexibility index (Phi) is 3.12. The SMILES string of the molecule is CCCC(Br)c1nccn1C. The molecule has 2 nitrogen and oxygen atoms in total. The average molecular weight is 217 g/mol. The zero-order valence-electron chi connectivity index (χ0n) is 6.92. The fourth-order valence-corrected chi connectivity index (χ4v) is 1.96. The van der Waals surface area contributed by atoms with Crippen LogP contribution in [0, 0.1) is 0 Å². The predicted octanol–water partition coefficient (Wildman–Crippen LogP) is 2.66. The van der Waals surface area contributed by atoms with Crippen LogP contribution in [0.5, 0.6) is 0 Å². The first-order valence-corrected chi connectivity index (χ1v) is 4.78. The van der Waals surface area contributed by atoms with Crippen LogP contribution in [-0.2, 0) is 7.05 Å². The molecule has 0 fully saturated rings. The highest BCUT2D eigenvalue weighted by molar-refractivity contribution is 9.09. The highest BCUT2D eigenvalue weighted by Crippen LogP contribution is 2.25. The summed E-state index contributed by atoms with van der Waals surface area (Å²) in [5.74, 6) is 1.12. The normalized spacial score (nSPS) is 13.4. The van der Waals surface area contributed by atoms with Crippen LogP contribution < -0.4 is 0 Å². The highest BCUT2D eigenvalue weighted by Gasteiger charge is 2.09. The van der Waals surface area contributed by atoms with Crippen molar-refractivity contribution in [1.29, 1.82) is 0 Å². The van der Waals surface area contributed by atoms with Crippen molar-refractivity contribution in [3.05, 3.63) is 18.2 Å². The number of aryl methyl sites for hydroxylation is 1. The number of hydrogen-bond acceptors (Lipinski definition) is 1. The summed E-state index contributed by atoms with van der Waals surface area (Å²) in [7, 11) is 2.02. The van der Waals surface area contributed by atoms with Gasteiger partial charge in [-0.25, -0.2) is 4.98 Å². The average Bonchev–Trinajstić information content (AvgIpc) is 2.36. The van der Waals surface area contributed by atoms with E-state index in [0.29, 0.717) is 4.83 Å². The van der Waals surface area contributed by atoms with E-state index < -0.39 is 0 Å². The number of hydrogen-bond donors (Lipinski definition) is 0. The van der Waals surface area contributed by atoms with Crippen molar-refractivity contribution < 1.29 is 0 Å². The number of aromatic nitrogens is 2. The first kappa shape index (κ1) is 8.78. The molecule has 0 aliphatic heterocycles. The van der Waals surface area contributed by atoms with Gasteiger partial charge in [0.2, 0.25) is 0 Å². The van der Waals surface area contributed by atoms with Crippen molar-refractivity contribution in [3.8, 4) is 0 Å². The van der Waals surface area contributed by atoms with Gasteiger partial charge in [-0.3, -0.25) is 0 Å². The summed E-state index contributed by atoms with van der Waals surface area (Å²) in [5, 5.41) is 0. The van der Waals surface area contributed by atoms with E-state index in [-0.39, 0.29) is 0 Å². The minimum Gasteiger partial charge on any atom is -0.337 e. The Morgan fingerprint density at radius 1 is 1.73 bits per heavy atom. The van der Waals surface area contributed by atoms with E-state index in [1.807, 2.05) is 19.4 Å². The molecule has 0 aliphatic rings. The van der Waals surface area contributed by atoms with Crippen molar-refractivity contribution in [1.82, 2.24) is 9.55 Å². The maximum absolute atomic E-state index is 4.25. The Labute approximate surface area is 75.8 Å². The van der Waals surface area contributed by atoms with E-state index in [2.05, 4.69) is 32.4 Å². The zero-order chi connectivity index (χ0) is 8.27. The minimum absolute atomic E-state index is 0.410. The molecule has 0 aliphatic carbocycles. The number of alkyl halides is 1. The van der Waals surface area contributed by atoms with Crippen LogP contribution in [0.2, 0.25) is 0 Å². The van der Waals surface area contributed by atoms with Crippen molar-refractivity contribution >= 4 is 15.9 Å². The number of rotatable bonds is 3. The minimum atomic E-state index is 0.410. The van der Waals surface area contributed by atoms with Crippen LogP contribution >= 0.6 is 15.9 Å². The Morgan fingerprint density at radius 2 is 2.45 bits per heavy atom. The lowest BCUT2D eigenvalue weighted by molar-refractivity contribution is 0.706. The van der Waals surface area contributed by atoms with Gasteiger partial charge in [-0.1, -0.05) is 29.3 Å². The fraction of sp³-hybridized carbons (Fsp3) is 0.625. The molecule has 0 spiro atoms. The molecule has 1 rings (SSSR count). The number of nitrogens with zero attached hydrogens (tertiary/aromatic N) is 2. The molecule has 62 valence electrons. The van der Waals surface area contributed by atoms with Crippen LogP contribution in [-0.4, -0.2) is 9.55 Å². The Balaban J connectivity index is 2.67. The maximum Gasteiger partial charge on any atom is 0.122 e. The quantitative estimate of drug-likeness (QED) is 0.711. The van der Waals surface area contributed by atoms with Crippen LogP contribution in [0.4, 0.5) is 0 Å². The molecule has 3 heteroatoms.